The van der Waals surface area contributed by atoms with Crippen LogP contribution in [0.25, 0.3) is 0 Å². The Kier molecular flexibility index (Phi) is 1.74. The molecule has 0 unspecified atom stereocenters. The highest BCUT2D eigenvalue weighted by molar-refractivity contribution is 5.24. The van der Waals surface area contributed by atoms with E-state index >= 15 is 0 Å². The van der Waals surface area contributed by atoms with Crippen molar-refractivity contribution in [3.8, 4) is 0 Å². The van der Waals surface area contributed by atoms with Gasteiger partial charge in [0.25, 0.3) is 0 Å². The molecular formula is C10H16N2O. The van der Waals surface area contributed by atoms with Crippen molar-refractivity contribution in [2.75, 3.05) is 0 Å². The Morgan fingerprint density at radius 3 is 2.77 bits per heavy atom. The van der Waals surface area contributed by atoms with Crippen LogP contribution in [0.4, 0.5) is 0 Å². The van der Waals surface area contributed by atoms with Crippen molar-refractivity contribution in [2.45, 2.75) is 45.8 Å². The van der Waals surface area contributed by atoms with Crippen molar-refractivity contribution in [3.63, 3.8) is 0 Å². The largest absolute Gasteiger partial charge is 0.364 e. The molecule has 3 heteroatoms. The standard InChI is InChI=1S/C10H16N2O/c1-7-9-8(6-13-11-9)5-12(7)10(2,3)4/h6-7H,5H2,1-4H3/t7-/m0/s1. The van der Waals surface area contributed by atoms with Crippen LogP contribution in [0.2, 0.25) is 0 Å². The van der Waals surface area contributed by atoms with Crippen LogP contribution in [0, 0.1) is 0 Å². The zero-order valence-corrected chi connectivity index (χ0v) is 8.66. The van der Waals surface area contributed by atoms with Gasteiger partial charge in [-0.25, -0.2) is 0 Å². The molecule has 0 fully saturated rings. The molecule has 1 aliphatic heterocycles. The van der Waals surface area contributed by atoms with Crippen LogP contribution in [0.15, 0.2) is 10.8 Å². The van der Waals surface area contributed by atoms with Crippen LogP contribution in [-0.2, 0) is 6.54 Å². The molecule has 0 amide bonds. The van der Waals surface area contributed by atoms with Crippen molar-refractivity contribution >= 4 is 0 Å². The molecule has 0 spiro atoms. The monoisotopic (exact) mass is 180 g/mol. The molecule has 0 aliphatic carbocycles. The van der Waals surface area contributed by atoms with Crippen LogP contribution in [-0.4, -0.2) is 15.6 Å². The van der Waals surface area contributed by atoms with E-state index in [9.17, 15) is 0 Å². The minimum Gasteiger partial charge on any atom is -0.364 e. The minimum absolute atomic E-state index is 0.202. The van der Waals surface area contributed by atoms with Gasteiger partial charge in [-0.05, 0) is 27.7 Å². The third-order valence-electron chi connectivity index (χ3n) is 2.74. The molecule has 0 bridgehead atoms. The summed E-state index contributed by atoms with van der Waals surface area (Å²) >= 11 is 0. The topological polar surface area (TPSA) is 29.3 Å². The number of nitrogens with zero attached hydrogens (tertiary/aromatic N) is 2. The summed E-state index contributed by atoms with van der Waals surface area (Å²) in [6, 6.07) is 0.383. The fourth-order valence-electron chi connectivity index (χ4n) is 2.01. The lowest BCUT2D eigenvalue weighted by Crippen LogP contribution is -2.39. The van der Waals surface area contributed by atoms with Crippen molar-refractivity contribution in [3.05, 3.63) is 17.5 Å². The Morgan fingerprint density at radius 1 is 1.54 bits per heavy atom. The fraction of sp³-hybridized carbons (Fsp3) is 0.700. The van der Waals surface area contributed by atoms with Crippen molar-refractivity contribution in [1.29, 1.82) is 0 Å². The molecule has 2 rings (SSSR count). The van der Waals surface area contributed by atoms with Crippen molar-refractivity contribution in [1.82, 2.24) is 10.1 Å². The molecule has 0 aromatic carbocycles. The lowest BCUT2D eigenvalue weighted by atomic mass is 10.1. The maximum atomic E-state index is 4.94. The average molecular weight is 180 g/mol. The first-order valence-corrected chi connectivity index (χ1v) is 4.70. The second kappa shape index (κ2) is 2.58. The molecule has 0 N–H and O–H groups in total. The van der Waals surface area contributed by atoms with Crippen LogP contribution < -0.4 is 0 Å². The van der Waals surface area contributed by atoms with Gasteiger partial charge < -0.3 is 4.52 Å². The highest BCUT2D eigenvalue weighted by Gasteiger charge is 2.36. The van der Waals surface area contributed by atoms with Gasteiger partial charge in [-0.2, -0.15) is 0 Å². The van der Waals surface area contributed by atoms with Gasteiger partial charge in [0.1, 0.15) is 12.0 Å². The molecule has 13 heavy (non-hydrogen) atoms. The van der Waals surface area contributed by atoms with Gasteiger partial charge in [0, 0.05) is 17.6 Å². The lowest BCUT2D eigenvalue weighted by Gasteiger charge is -2.35. The molecule has 0 radical (unpaired) electrons. The van der Waals surface area contributed by atoms with Crippen LogP contribution in [0.3, 0.4) is 0 Å². The predicted octanol–water partition coefficient (Wildman–Crippen LogP) is 2.35. The SMILES string of the molecule is C[C@H]1c2nocc2CN1C(C)(C)C. The highest BCUT2D eigenvalue weighted by atomic mass is 16.5. The smallest absolute Gasteiger partial charge is 0.128 e. The van der Waals surface area contributed by atoms with E-state index in [-0.39, 0.29) is 5.54 Å². The van der Waals surface area contributed by atoms with E-state index in [0.717, 1.165) is 12.2 Å². The summed E-state index contributed by atoms with van der Waals surface area (Å²) < 4.78 is 4.94. The minimum atomic E-state index is 0.202. The number of rotatable bonds is 0. The Balaban J connectivity index is 2.29. The molecule has 3 nitrogen and oxygen atoms in total. The summed E-state index contributed by atoms with van der Waals surface area (Å²) in [4.78, 5) is 2.43. The summed E-state index contributed by atoms with van der Waals surface area (Å²) in [7, 11) is 0. The van der Waals surface area contributed by atoms with Gasteiger partial charge >= 0.3 is 0 Å². The van der Waals surface area contributed by atoms with E-state index in [1.807, 2.05) is 0 Å². The number of hydrogen-bond acceptors (Lipinski definition) is 3. The normalized spacial score (nSPS) is 23.5. The summed E-state index contributed by atoms with van der Waals surface area (Å²) in [5.41, 5.74) is 2.55. The Morgan fingerprint density at radius 2 is 2.23 bits per heavy atom. The van der Waals surface area contributed by atoms with Crippen molar-refractivity contribution in [2.24, 2.45) is 0 Å². The fourth-order valence-corrected chi connectivity index (χ4v) is 2.01. The second-order valence-corrected chi connectivity index (χ2v) is 4.70. The molecular weight excluding hydrogens is 164 g/mol. The number of aromatic nitrogens is 1. The first-order chi connectivity index (χ1) is 6.00. The van der Waals surface area contributed by atoms with E-state index in [4.69, 9.17) is 4.52 Å². The average Bonchev–Trinajstić information content (AvgIpc) is 2.51. The zero-order valence-electron chi connectivity index (χ0n) is 8.66. The zero-order chi connectivity index (χ0) is 9.64. The van der Waals surface area contributed by atoms with Crippen LogP contribution >= 0.6 is 0 Å². The quantitative estimate of drug-likeness (QED) is 0.613. The van der Waals surface area contributed by atoms with Gasteiger partial charge in [-0.3, -0.25) is 4.90 Å². The first-order valence-electron chi connectivity index (χ1n) is 4.70. The second-order valence-electron chi connectivity index (χ2n) is 4.70. The van der Waals surface area contributed by atoms with Gasteiger partial charge in [-0.1, -0.05) is 5.16 Å². The highest BCUT2D eigenvalue weighted by Crippen LogP contribution is 2.37. The molecule has 72 valence electrons. The first kappa shape index (κ1) is 8.75. The third kappa shape index (κ3) is 1.27. The maximum Gasteiger partial charge on any atom is 0.128 e. The third-order valence-corrected chi connectivity index (χ3v) is 2.74. The van der Waals surface area contributed by atoms with Gasteiger partial charge in [0.05, 0.1) is 6.04 Å². The summed E-state index contributed by atoms with van der Waals surface area (Å²) in [5.74, 6) is 0. The van der Waals surface area contributed by atoms with Crippen molar-refractivity contribution < 1.29 is 4.52 Å². The molecule has 1 atom stereocenters. The molecule has 2 heterocycles. The number of hydrogen-bond donors (Lipinski definition) is 0. The van der Waals surface area contributed by atoms with E-state index in [2.05, 4.69) is 37.8 Å². The lowest BCUT2D eigenvalue weighted by molar-refractivity contribution is 0.0945. The summed E-state index contributed by atoms with van der Waals surface area (Å²) in [5, 5.41) is 4.02. The van der Waals surface area contributed by atoms with Gasteiger partial charge in [0.15, 0.2) is 0 Å². The summed E-state index contributed by atoms with van der Waals surface area (Å²) in [6.45, 7) is 9.83. The van der Waals surface area contributed by atoms with E-state index in [0.29, 0.717) is 6.04 Å². The Hall–Kier alpha value is -0.830. The van der Waals surface area contributed by atoms with Gasteiger partial charge in [0.2, 0.25) is 0 Å². The maximum absolute atomic E-state index is 4.94. The molecule has 0 saturated carbocycles. The van der Waals surface area contributed by atoms with E-state index < -0.39 is 0 Å². The van der Waals surface area contributed by atoms with Crippen LogP contribution in [0.1, 0.15) is 45.0 Å². The predicted molar refractivity (Wildman–Crippen MR) is 50.2 cm³/mol. The number of fused-ring (bicyclic) bond motifs is 1. The Bertz CT molecular complexity index is 311. The van der Waals surface area contributed by atoms with E-state index in [1.54, 1.807) is 6.26 Å². The Labute approximate surface area is 78.7 Å². The summed E-state index contributed by atoms with van der Waals surface area (Å²) in [6.07, 6.45) is 1.76. The van der Waals surface area contributed by atoms with Gasteiger partial charge in [-0.15, -0.1) is 0 Å². The molecule has 1 aliphatic rings. The van der Waals surface area contributed by atoms with E-state index in [1.165, 1.54) is 5.56 Å². The van der Waals surface area contributed by atoms with Crippen LogP contribution in [0.5, 0.6) is 0 Å². The molecule has 1 aromatic rings. The molecule has 1 aromatic heterocycles. The molecule has 0 saturated heterocycles.